The van der Waals surface area contributed by atoms with Crippen LogP contribution in [0.15, 0.2) is 42.6 Å². The molecule has 3 N–H and O–H groups in total. The number of nitrogens with zero attached hydrogens (tertiary/aromatic N) is 1. The summed E-state index contributed by atoms with van der Waals surface area (Å²) in [5.41, 5.74) is 7.49. The highest BCUT2D eigenvalue weighted by Gasteiger charge is 2.20. The van der Waals surface area contributed by atoms with Crippen LogP contribution in [0.1, 0.15) is 24.3 Å². The summed E-state index contributed by atoms with van der Waals surface area (Å²) in [5, 5.41) is 2.68. The first-order valence-corrected chi connectivity index (χ1v) is 7.32. The summed E-state index contributed by atoms with van der Waals surface area (Å²) in [6.45, 7) is 2.75. The van der Waals surface area contributed by atoms with Crippen LogP contribution in [0.2, 0.25) is 0 Å². The topological polar surface area (TPSA) is 104 Å². The number of ether oxygens (including phenoxy) is 2. The van der Waals surface area contributed by atoms with Crippen LogP contribution in [0, 0.1) is 6.92 Å². The maximum absolute atomic E-state index is 12.0. The first-order valence-electron chi connectivity index (χ1n) is 7.32. The van der Waals surface area contributed by atoms with E-state index in [0.29, 0.717) is 5.75 Å². The lowest BCUT2D eigenvalue weighted by atomic mass is 10.1. The summed E-state index contributed by atoms with van der Waals surface area (Å²) in [6.07, 6.45) is 0.755. The molecule has 0 spiro atoms. The molecule has 0 saturated heterocycles. The Morgan fingerprint density at radius 2 is 2.00 bits per heavy atom. The van der Waals surface area contributed by atoms with Crippen molar-refractivity contribution in [3.8, 4) is 5.75 Å². The third kappa shape index (κ3) is 4.70. The fourth-order valence-corrected chi connectivity index (χ4v) is 2.04. The number of amides is 1. The predicted molar refractivity (Wildman–Crippen MR) is 88.0 cm³/mol. The SMILES string of the molecule is CC(=O)OCC(=O)NC(Oc1cccnc1N)c1ccccc1C. The van der Waals surface area contributed by atoms with Crippen LogP contribution in [0.3, 0.4) is 0 Å². The second kappa shape index (κ2) is 7.96. The molecule has 1 aromatic heterocycles. The van der Waals surface area contributed by atoms with Gasteiger partial charge in [0.1, 0.15) is 0 Å². The molecule has 1 unspecified atom stereocenters. The van der Waals surface area contributed by atoms with Gasteiger partial charge in [0, 0.05) is 18.7 Å². The van der Waals surface area contributed by atoms with E-state index >= 15 is 0 Å². The molecule has 1 aromatic carbocycles. The van der Waals surface area contributed by atoms with Crippen LogP contribution in [-0.4, -0.2) is 23.5 Å². The number of nitrogens with one attached hydrogen (secondary N) is 1. The predicted octanol–water partition coefficient (Wildman–Crippen LogP) is 1.73. The third-order valence-electron chi connectivity index (χ3n) is 3.21. The Labute approximate surface area is 139 Å². The second-order valence-corrected chi connectivity index (χ2v) is 5.09. The van der Waals surface area contributed by atoms with Gasteiger partial charge >= 0.3 is 5.97 Å². The molecule has 0 aliphatic heterocycles. The van der Waals surface area contributed by atoms with Crippen molar-refractivity contribution < 1.29 is 19.1 Å². The molecule has 24 heavy (non-hydrogen) atoms. The van der Waals surface area contributed by atoms with Gasteiger partial charge in [-0.2, -0.15) is 0 Å². The average molecular weight is 329 g/mol. The van der Waals surface area contributed by atoms with Gasteiger partial charge in [0.15, 0.2) is 24.4 Å². The molecule has 2 aromatic rings. The van der Waals surface area contributed by atoms with Crippen molar-refractivity contribution in [3.05, 3.63) is 53.7 Å². The molecule has 1 amide bonds. The third-order valence-corrected chi connectivity index (χ3v) is 3.21. The fraction of sp³-hybridized carbons (Fsp3) is 0.235. The Kier molecular flexibility index (Phi) is 5.73. The van der Waals surface area contributed by atoms with Crippen LogP contribution >= 0.6 is 0 Å². The zero-order valence-electron chi connectivity index (χ0n) is 13.5. The minimum atomic E-state index is -0.791. The first kappa shape index (κ1) is 17.3. The molecule has 0 bridgehead atoms. The molecule has 0 aliphatic carbocycles. The van der Waals surface area contributed by atoms with Gasteiger partial charge in [-0.15, -0.1) is 0 Å². The van der Waals surface area contributed by atoms with E-state index < -0.39 is 18.1 Å². The number of nitrogen functional groups attached to an aromatic ring is 1. The number of carbonyl (C=O) groups is 2. The van der Waals surface area contributed by atoms with Crippen LogP contribution in [0.25, 0.3) is 0 Å². The minimum absolute atomic E-state index is 0.213. The monoisotopic (exact) mass is 329 g/mol. The van der Waals surface area contributed by atoms with E-state index in [1.807, 2.05) is 31.2 Å². The lowest BCUT2D eigenvalue weighted by molar-refractivity contribution is -0.147. The molecule has 0 fully saturated rings. The molecule has 2 rings (SSSR count). The minimum Gasteiger partial charge on any atom is -0.463 e. The molecular formula is C17H19N3O4. The lowest BCUT2D eigenvalue weighted by Crippen LogP contribution is -2.35. The molecule has 126 valence electrons. The van der Waals surface area contributed by atoms with Crippen molar-refractivity contribution in [1.29, 1.82) is 0 Å². The zero-order valence-corrected chi connectivity index (χ0v) is 13.5. The summed E-state index contributed by atoms with van der Waals surface area (Å²) >= 11 is 0. The van der Waals surface area contributed by atoms with Crippen LogP contribution in [-0.2, 0) is 14.3 Å². The second-order valence-electron chi connectivity index (χ2n) is 5.09. The van der Waals surface area contributed by atoms with E-state index in [-0.39, 0.29) is 12.4 Å². The number of benzene rings is 1. The smallest absolute Gasteiger partial charge is 0.303 e. The summed E-state index contributed by atoms with van der Waals surface area (Å²) in [5.74, 6) is -0.459. The molecule has 1 heterocycles. The molecule has 0 radical (unpaired) electrons. The normalized spacial score (nSPS) is 11.4. The Morgan fingerprint density at radius 1 is 1.25 bits per heavy atom. The number of anilines is 1. The number of carbonyl (C=O) groups excluding carboxylic acids is 2. The molecule has 7 heteroatoms. The number of esters is 1. The quantitative estimate of drug-likeness (QED) is 0.618. The Hall–Kier alpha value is -3.09. The van der Waals surface area contributed by atoms with Gasteiger partial charge < -0.3 is 20.5 Å². The number of hydrogen-bond donors (Lipinski definition) is 2. The van der Waals surface area contributed by atoms with E-state index in [9.17, 15) is 9.59 Å². The van der Waals surface area contributed by atoms with Gasteiger partial charge in [-0.05, 0) is 24.6 Å². The number of aryl methyl sites for hydroxylation is 1. The number of rotatable bonds is 6. The Morgan fingerprint density at radius 3 is 2.67 bits per heavy atom. The molecule has 1 atom stereocenters. The summed E-state index contributed by atoms with van der Waals surface area (Å²) < 4.78 is 10.5. The van der Waals surface area contributed by atoms with Crippen molar-refractivity contribution in [2.45, 2.75) is 20.1 Å². The van der Waals surface area contributed by atoms with Crippen LogP contribution < -0.4 is 15.8 Å². The fourth-order valence-electron chi connectivity index (χ4n) is 2.04. The van der Waals surface area contributed by atoms with Gasteiger partial charge in [-0.3, -0.25) is 9.59 Å². The Balaban J connectivity index is 2.22. The van der Waals surface area contributed by atoms with Gasteiger partial charge in [-0.25, -0.2) is 4.98 Å². The van der Waals surface area contributed by atoms with Gasteiger partial charge in [0.2, 0.25) is 0 Å². The van der Waals surface area contributed by atoms with Gasteiger partial charge in [0.25, 0.3) is 5.91 Å². The van der Waals surface area contributed by atoms with Gasteiger partial charge in [0.05, 0.1) is 0 Å². The average Bonchev–Trinajstić information content (AvgIpc) is 2.55. The van der Waals surface area contributed by atoms with Crippen molar-refractivity contribution in [3.63, 3.8) is 0 Å². The summed E-state index contributed by atoms with van der Waals surface area (Å²) in [7, 11) is 0. The maximum Gasteiger partial charge on any atom is 0.303 e. The highest BCUT2D eigenvalue weighted by molar-refractivity contribution is 5.80. The number of aromatic nitrogens is 1. The molecule has 7 nitrogen and oxygen atoms in total. The van der Waals surface area contributed by atoms with E-state index in [2.05, 4.69) is 10.3 Å². The van der Waals surface area contributed by atoms with Crippen molar-refractivity contribution in [2.75, 3.05) is 12.3 Å². The standard InChI is InChI=1S/C17H19N3O4/c1-11-6-3-4-7-13(11)17(20-15(22)10-23-12(2)21)24-14-8-5-9-19-16(14)18/h3-9,17H,10H2,1-2H3,(H2,18,19)(H,20,22). The first-order chi connectivity index (χ1) is 11.5. The largest absolute Gasteiger partial charge is 0.463 e. The van der Waals surface area contributed by atoms with Crippen LogP contribution in [0.5, 0.6) is 5.75 Å². The number of nitrogens with two attached hydrogens (primary N) is 1. The Bertz CT molecular complexity index is 733. The molecular weight excluding hydrogens is 310 g/mol. The molecule has 0 saturated carbocycles. The highest BCUT2D eigenvalue weighted by Crippen LogP contribution is 2.25. The molecule has 0 aliphatic rings. The van der Waals surface area contributed by atoms with E-state index in [4.69, 9.17) is 15.2 Å². The van der Waals surface area contributed by atoms with E-state index in [1.165, 1.54) is 6.92 Å². The van der Waals surface area contributed by atoms with Crippen LogP contribution in [0.4, 0.5) is 5.82 Å². The van der Waals surface area contributed by atoms with Crippen molar-refractivity contribution in [2.24, 2.45) is 0 Å². The summed E-state index contributed by atoms with van der Waals surface area (Å²) in [4.78, 5) is 26.8. The van der Waals surface area contributed by atoms with Crippen molar-refractivity contribution >= 4 is 17.7 Å². The number of pyridine rings is 1. The van der Waals surface area contributed by atoms with Gasteiger partial charge in [-0.1, -0.05) is 24.3 Å². The summed E-state index contributed by atoms with van der Waals surface area (Å²) in [6, 6.07) is 10.8. The van der Waals surface area contributed by atoms with E-state index in [1.54, 1.807) is 18.3 Å². The van der Waals surface area contributed by atoms with Crippen molar-refractivity contribution in [1.82, 2.24) is 10.3 Å². The van der Waals surface area contributed by atoms with E-state index in [0.717, 1.165) is 11.1 Å². The highest BCUT2D eigenvalue weighted by atomic mass is 16.5. The maximum atomic E-state index is 12.0. The lowest BCUT2D eigenvalue weighted by Gasteiger charge is -2.22. The zero-order chi connectivity index (χ0) is 17.5. The number of hydrogen-bond acceptors (Lipinski definition) is 6.